The first-order valence-corrected chi connectivity index (χ1v) is 9.91. The normalized spacial score (nSPS) is 13.4. The second kappa shape index (κ2) is 12.2. The summed E-state index contributed by atoms with van der Waals surface area (Å²) in [5.74, 6) is -3.50. The van der Waals surface area contributed by atoms with Gasteiger partial charge in [0, 0.05) is 24.7 Å². The van der Waals surface area contributed by atoms with Crippen LogP contribution in [-0.2, 0) is 32.0 Å². The molecule has 13 nitrogen and oxygen atoms in total. The summed E-state index contributed by atoms with van der Waals surface area (Å²) in [5, 5.41) is 34.8. The van der Waals surface area contributed by atoms with Gasteiger partial charge in [-0.25, -0.2) is 9.78 Å². The van der Waals surface area contributed by atoms with Gasteiger partial charge in [-0.3, -0.25) is 14.4 Å². The molecular weight excluding hydrogens is 436 g/mol. The number of hydrogen-bond acceptors (Lipinski definition) is 8. The van der Waals surface area contributed by atoms with Crippen molar-refractivity contribution in [1.29, 1.82) is 0 Å². The van der Waals surface area contributed by atoms with Crippen LogP contribution >= 0.6 is 0 Å². The van der Waals surface area contributed by atoms with Gasteiger partial charge in [-0.15, -0.1) is 0 Å². The van der Waals surface area contributed by atoms with E-state index < -0.39 is 55.0 Å². The molecule has 13 heteroatoms. The number of nitrogens with one attached hydrogen (secondary N) is 4. The van der Waals surface area contributed by atoms with Crippen molar-refractivity contribution in [2.45, 2.75) is 31.0 Å². The number of benzene rings is 1. The SMILES string of the molecule is NC(CO)C(=O)NCC(=O)NC(Cc1cnc[nH]1)C(=O)NC(Cc1ccc(O)cc1)C(=O)O. The van der Waals surface area contributed by atoms with Crippen molar-refractivity contribution in [2.75, 3.05) is 13.2 Å². The third-order valence-electron chi connectivity index (χ3n) is 4.58. The molecule has 0 saturated carbocycles. The second-order valence-corrected chi connectivity index (χ2v) is 7.18. The zero-order valence-electron chi connectivity index (χ0n) is 17.5. The van der Waals surface area contributed by atoms with E-state index in [4.69, 9.17) is 10.8 Å². The smallest absolute Gasteiger partial charge is 0.326 e. The number of nitrogens with zero attached hydrogens (tertiary/aromatic N) is 1. The van der Waals surface area contributed by atoms with E-state index in [2.05, 4.69) is 25.9 Å². The minimum absolute atomic E-state index is 0.0176. The summed E-state index contributed by atoms with van der Waals surface area (Å²) in [6.45, 7) is -1.11. The lowest BCUT2D eigenvalue weighted by Crippen LogP contribution is -2.55. The highest BCUT2D eigenvalue weighted by atomic mass is 16.4. The monoisotopic (exact) mass is 462 g/mol. The fourth-order valence-corrected chi connectivity index (χ4v) is 2.79. The molecule has 3 unspecified atom stereocenters. The number of nitrogens with two attached hydrogens (primary N) is 1. The topological polar surface area (TPSA) is 220 Å². The molecule has 0 spiro atoms. The molecule has 0 radical (unpaired) electrons. The average Bonchev–Trinajstić information content (AvgIpc) is 3.30. The van der Waals surface area contributed by atoms with E-state index in [9.17, 15) is 29.4 Å². The van der Waals surface area contributed by atoms with E-state index in [0.29, 0.717) is 11.3 Å². The van der Waals surface area contributed by atoms with Crippen LogP contribution in [0.2, 0.25) is 0 Å². The summed E-state index contributed by atoms with van der Waals surface area (Å²) in [7, 11) is 0. The van der Waals surface area contributed by atoms with Crippen molar-refractivity contribution in [3.63, 3.8) is 0 Å². The van der Waals surface area contributed by atoms with Crippen LogP contribution in [0.1, 0.15) is 11.3 Å². The number of aliphatic hydroxyl groups is 1. The fraction of sp³-hybridized carbons (Fsp3) is 0.350. The molecule has 2 aromatic rings. The highest BCUT2D eigenvalue weighted by molar-refractivity contribution is 5.92. The molecule has 1 heterocycles. The van der Waals surface area contributed by atoms with Crippen LogP contribution < -0.4 is 21.7 Å². The van der Waals surface area contributed by atoms with Crippen molar-refractivity contribution >= 4 is 23.7 Å². The lowest BCUT2D eigenvalue weighted by molar-refractivity contribution is -0.142. The molecule has 3 amide bonds. The van der Waals surface area contributed by atoms with Crippen molar-refractivity contribution < 1.29 is 34.5 Å². The predicted molar refractivity (Wildman–Crippen MR) is 114 cm³/mol. The lowest BCUT2D eigenvalue weighted by Gasteiger charge is -2.21. The fourth-order valence-electron chi connectivity index (χ4n) is 2.79. The molecule has 0 bridgehead atoms. The van der Waals surface area contributed by atoms with Crippen LogP contribution in [0.15, 0.2) is 36.8 Å². The molecule has 0 saturated heterocycles. The van der Waals surface area contributed by atoms with E-state index >= 15 is 0 Å². The molecule has 178 valence electrons. The first-order chi connectivity index (χ1) is 15.7. The number of carboxylic acid groups (broad SMARTS) is 1. The lowest BCUT2D eigenvalue weighted by atomic mass is 10.0. The molecule has 0 fully saturated rings. The predicted octanol–water partition coefficient (Wildman–Crippen LogP) is -2.61. The number of phenolic OH excluding ortho intramolecular Hbond substituents is 1. The summed E-state index contributed by atoms with van der Waals surface area (Å²) >= 11 is 0. The first kappa shape index (κ1) is 25.3. The van der Waals surface area contributed by atoms with Crippen molar-refractivity contribution in [1.82, 2.24) is 25.9 Å². The van der Waals surface area contributed by atoms with E-state index in [1.807, 2.05) is 0 Å². The maximum atomic E-state index is 12.9. The summed E-state index contributed by atoms with van der Waals surface area (Å²) in [6.07, 6.45) is 2.75. The molecule has 9 N–H and O–H groups in total. The van der Waals surface area contributed by atoms with Crippen molar-refractivity contribution in [2.24, 2.45) is 5.73 Å². The number of carboxylic acids is 1. The molecule has 0 aliphatic rings. The molecule has 1 aromatic heterocycles. The Morgan fingerprint density at radius 3 is 2.30 bits per heavy atom. The number of carbonyl (C=O) groups excluding carboxylic acids is 3. The van der Waals surface area contributed by atoms with Gasteiger partial charge in [0.1, 0.15) is 23.9 Å². The van der Waals surface area contributed by atoms with Crippen molar-refractivity contribution in [3.05, 3.63) is 48.0 Å². The Morgan fingerprint density at radius 1 is 1.03 bits per heavy atom. The Kier molecular flexibility index (Phi) is 9.32. The zero-order chi connectivity index (χ0) is 24.4. The van der Waals surface area contributed by atoms with Gasteiger partial charge in [0.2, 0.25) is 17.7 Å². The molecule has 1 aromatic carbocycles. The van der Waals surface area contributed by atoms with E-state index in [0.717, 1.165) is 0 Å². The summed E-state index contributed by atoms with van der Waals surface area (Å²) in [4.78, 5) is 55.1. The van der Waals surface area contributed by atoms with E-state index in [1.165, 1.54) is 36.8 Å². The van der Waals surface area contributed by atoms with Gasteiger partial charge in [0.05, 0.1) is 19.5 Å². The summed E-state index contributed by atoms with van der Waals surface area (Å²) in [6, 6.07) is 2.18. The van der Waals surface area contributed by atoms with Crippen LogP contribution in [0, 0.1) is 0 Å². The second-order valence-electron chi connectivity index (χ2n) is 7.18. The number of aromatic hydroxyl groups is 1. The number of aromatic nitrogens is 2. The number of H-pyrrole nitrogens is 1. The van der Waals surface area contributed by atoms with Crippen molar-refractivity contribution in [3.8, 4) is 5.75 Å². The third-order valence-corrected chi connectivity index (χ3v) is 4.58. The number of imidazole rings is 1. The maximum Gasteiger partial charge on any atom is 0.326 e. The number of aliphatic hydroxyl groups excluding tert-OH is 1. The summed E-state index contributed by atoms with van der Waals surface area (Å²) < 4.78 is 0. The Labute approximate surface area is 188 Å². The number of rotatable bonds is 12. The number of aromatic amines is 1. The number of hydrogen-bond donors (Lipinski definition) is 8. The molecule has 0 aliphatic heterocycles. The largest absolute Gasteiger partial charge is 0.508 e. The highest BCUT2D eigenvalue weighted by Crippen LogP contribution is 2.12. The van der Waals surface area contributed by atoms with Crippen LogP contribution in [0.5, 0.6) is 5.75 Å². The van der Waals surface area contributed by atoms with Gasteiger partial charge >= 0.3 is 5.97 Å². The van der Waals surface area contributed by atoms with Gasteiger partial charge in [-0.05, 0) is 17.7 Å². The molecule has 0 aliphatic carbocycles. The molecule has 3 atom stereocenters. The van der Waals surface area contributed by atoms with Gasteiger partial charge in [0.15, 0.2) is 0 Å². The standard InChI is InChI=1S/C20H26N6O7/c21-14(9-27)18(30)23-8-17(29)25-15(6-12-7-22-10-24-12)19(31)26-16(20(32)33)5-11-1-3-13(28)4-2-11/h1-4,7,10,14-16,27-28H,5-6,8-9,21H2,(H,22,24)(H,23,30)(H,25,29)(H,26,31)(H,32,33). The highest BCUT2D eigenvalue weighted by Gasteiger charge is 2.27. The Bertz CT molecular complexity index is 948. The Morgan fingerprint density at radius 2 is 1.73 bits per heavy atom. The average molecular weight is 462 g/mol. The van der Waals surface area contributed by atoms with Gasteiger partial charge in [0.25, 0.3) is 0 Å². The molecular formula is C20H26N6O7. The number of aliphatic carboxylic acids is 1. The first-order valence-electron chi connectivity index (χ1n) is 9.91. The van der Waals surface area contributed by atoms with Gasteiger partial charge in [-0.1, -0.05) is 12.1 Å². The number of carbonyl (C=O) groups is 4. The molecule has 2 rings (SSSR count). The Hall–Kier alpha value is -3.97. The van der Waals surface area contributed by atoms with Gasteiger partial charge < -0.3 is 42.0 Å². The van der Waals surface area contributed by atoms with E-state index in [-0.39, 0.29) is 18.6 Å². The minimum atomic E-state index is -1.30. The number of amides is 3. The quantitative estimate of drug-likeness (QED) is 0.165. The molecule has 33 heavy (non-hydrogen) atoms. The van der Waals surface area contributed by atoms with Crippen LogP contribution in [0.4, 0.5) is 0 Å². The maximum absolute atomic E-state index is 12.9. The van der Waals surface area contributed by atoms with Gasteiger partial charge in [-0.2, -0.15) is 0 Å². The van der Waals surface area contributed by atoms with Crippen LogP contribution in [-0.4, -0.2) is 80.3 Å². The van der Waals surface area contributed by atoms with Crippen LogP contribution in [0.25, 0.3) is 0 Å². The minimum Gasteiger partial charge on any atom is -0.508 e. The Balaban J connectivity index is 2.06. The zero-order valence-corrected chi connectivity index (χ0v) is 17.5. The third kappa shape index (κ3) is 8.23. The van der Waals surface area contributed by atoms with E-state index in [1.54, 1.807) is 0 Å². The summed E-state index contributed by atoms with van der Waals surface area (Å²) in [5.41, 5.74) is 6.43. The van der Waals surface area contributed by atoms with Crippen LogP contribution in [0.3, 0.4) is 0 Å². The number of phenols is 1.